The molecule has 0 heterocycles. The Labute approximate surface area is 143 Å². The molecule has 0 saturated heterocycles. The molecule has 4 aromatic carbocycles. The lowest BCUT2D eigenvalue weighted by Crippen LogP contribution is -2.20. The molecule has 0 saturated carbocycles. The Bertz CT molecular complexity index is 994. The zero-order chi connectivity index (χ0) is 16.2. The van der Waals surface area contributed by atoms with Crippen LogP contribution in [0.4, 0.5) is 13.2 Å². The molecule has 0 aliphatic carbocycles. The fraction of sp³-hybridized carbons (Fsp3) is 0.158. The van der Waals surface area contributed by atoms with Gasteiger partial charge in [0.1, 0.15) is 0 Å². The molecule has 4 aromatic rings. The monoisotopic (exact) mass is 349 g/mol. The summed E-state index contributed by atoms with van der Waals surface area (Å²) in [4.78, 5) is 0. The van der Waals surface area contributed by atoms with Gasteiger partial charge in [0, 0.05) is 6.04 Å². The molecule has 0 amide bonds. The van der Waals surface area contributed by atoms with Gasteiger partial charge in [0.25, 0.3) is 0 Å². The summed E-state index contributed by atoms with van der Waals surface area (Å²) in [6, 6.07) is 16.4. The van der Waals surface area contributed by atoms with E-state index in [1.165, 1.54) is 0 Å². The molecule has 0 fully saturated rings. The van der Waals surface area contributed by atoms with E-state index in [2.05, 4.69) is 0 Å². The van der Waals surface area contributed by atoms with E-state index in [9.17, 15) is 13.2 Å². The first-order chi connectivity index (χ1) is 10.9. The first kappa shape index (κ1) is 16.8. The third-order valence-electron chi connectivity index (χ3n) is 4.41. The van der Waals surface area contributed by atoms with Gasteiger partial charge < -0.3 is 5.73 Å². The number of nitrogens with two attached hydrogens (primary N) is 1. The SMILES string of the molecule is Cl.N[C@@H](CC(F)(F)F)c1ccc2ccc3cccc4ccc1c2c34. The van der Waals surface area contributed by atoms with Gasteiger partial charge in [-0.25, -0.2) is 0 Å². The van der Waals surface area contributed by atoms with Gasteiger partial charge in [-0.3, -0.25) is 0 Å². The van der Waals surface area contributed by atoms with Crippen LogP contribution in [0.3, 0.4) is 0 Å². The van der Waals surface area contributed by atoms with Gasteiger partial charge in [-0.2, -0.15) is 13.2 Å². The second-order valence-corrected chi connectivity index (χ2v) is 5.94. The maximum atomic E-state index is 12.7. The van der Waals surface area contributed by atoms with Crippen molar-refractivity contribution in [3.63, 3.8) is 0 Å². The highest BCUT2D eigenvalue weighted by Crippen LogP contribution is 2.38. The summed E-state index contributed by atoms with van der Waals surface area (Å²) < 4.78 is 38.1. The molecule has 24 heavy (non-hydrogen) atoms. The highest BCUT2D eigenvalue weighted by atomic mass is 35.5. The quantitative estimate of drug-likeness (QED) is 0.444. The molecule has 2 N–H and O–H groups in total. The van der Waals surface area contributed by atoms with E-state index >= 15 is 0 Å². The molecule has 0 aliphatic heterocycles. The van der Waals surface area contributed by atoms with Crippen molar-refractivity contribution in [3.05, 3.63) is 60.2 Å². The number of rotatable bonds is 2. The Morgan fingerprint density at radius 1 is 0.792 bits per heavy atom. The van der Waals surface area contributed by atoms with Crippen molar-refractivity contribution in [2.75, 3.05) is 0 Å². The standard InChI is InChI=1S/C19H14F3N.ClH/c20-19(21,22)10-16(23)14-8-6-13-5-4-11-2-1-3-12-7-9-15(14)18(13)17(11)12;/h1-9,16H,10,23H2;1H/t16-;/m0./s1. The van der Waals surface area contributed by atoms with Crippen molar-refractivity contribution in [2.24, 2.45) is 5.73 Å². The lowest BCUT2D eigenvalue weighted by molar-refractivity contribution is -0.138. The Morgan fingerprint density at radius 2 is 1.33 bits per heavy atom. The summed E-state index contributed by atoms with van der Waals surface area (Å²) in [7, 11) is 0. The van der Waals surface area contributed by atoms with E-state index in [0.717, 1.165) is 32.3 Å². The molecule has 0 spiro atoms. The summed E-state index contributed by atoms with van der Waals surface area (Å²) in [6.45, 7) is 0. The summed E-state index contributed by atoms with van der Waals surface area (Å²) in [6.07, 6.45) is -5.29. The van der Waals surface area contributed by atoms with E-state index in [-0.39, 0.29) is 12.4 Å². The van der Waals surface area contributed by atoms with Crippen LogP contribution >= 0.6 is 12.4 Å². The number of hydrogen-bond donors (Lipinski definition) is 1. The van der Waals surface area contributed by atoms with Crippen LogP contribution in [-0.2, 0) is 0 Å². The second-order valence-electron chi connectivity index (χ2n) is 5.94. The minimum Gasteiger partial charge on any atom is -0.324 e. The molecule has 0 aromatic heterocycles. The van der Waals surface area contributed by atoms with Crippen LogP contribution in [0.5, 0.6) is 0 Å². The smallest absolute Gasteiger partial charge is 0.324 e. The van der Waals surface area contributed by atoms with Gasteiger partial charge in [-0.15, -0.1) is 12.4 Å². The minimum atomic E-state index is -4.27. The Kier molecular flexibility index (Phi) is 4.06. The molecule has 0 unspecified atom stereocenters. The lowest BCUT2D eigenvalue weighted by atomic mass is 9.89. The normalized spacial score (nSPS) is 13.5. The van der Waals surface area contributed by atoms with Crippen molar-refractivity contribution in [3.8, 4) is 0 Å². The Hall–Kier alpha value is -2.04. The van der Waals surface area contributed by atoms with Crippen LogP contribution in [0.1, 0.15) is 18.0 Å². The zero-order valence-corrected chi connectivity index (χ0v) is 13.4. The summed E-state index contributed by atoms with van der Waals surface area (Å²) in [5.74, 6) is 0. The fourth-order valence-corrected chi connectivity index (χ4v) is 3.44. The third-order valence-corrected chi connectivity index (χ3v) is 4.41. The fourth-order valence-electron chi connectivity index (χ4n) is 3.44. The molecule has 0 aliphatic rings. The molecule has 0 bridgehead atoms. The topological polar surface area (TPSA) is 26.0 Å². The van der Waals surface area contributed by atoms with Crippen molar-refractivity contribution in [1.82, 2.24) is 0 Å². The maximum absolute atomic E-state index is 12.7. The van der Waals surface area contributed by atoms with Gasteiger partial charge in [-0.1, -0.05) is 54.6 Å². The molecular weight excluding hydrogens is 335 g/mol. The summed E-state index contributed by atoms with van der Waals surface area (Å²) in [5.41, 5.74) is 6.41. The minimum absolute atomic E-state index is 0. The maximum Gasteiger partial charge on any atom is 0.390 e. The first-order valence-electron chi connectivity index (χ1n) is 7.43. The summed E-state index contributed by atoms with van der Waals surface area (Å²) >= 11 is 0. The van der Waals surface area contributed by atoms with Gasteiger partial charge in [0.15, 0.2) is 0 Å². The third kappa shape index (κ3) is 2.66. The van der Waals surface area contributed by atoms with Gasteiger partial charge in [0.05, 0.1) is 6.42 Å². The Morgan fingerprint density at radius 3 is 1.96 bits per heavy atom. The predicted molar refractivity (Wildman–Crippen MR) is 95.0 cm³/mol. The Balaban J connectivity index is 0.00000169. The zero-order valence-electron chi connectivity index (χ0n) is 12.6. The van der Waals surface area contributed by atoms with Crippen molar-refractivity contribution in [2.45, 2.75) is 18.6 Å². The molecule has 1 nitrogen and oxygen atoms in total. The van der Waals surface area contributed by atoms with E-state index in [0.29, 0.717) is 5.56 Å². The van der Waals surface area contributed by atoms with Crippen molar-refractivity contribution in [1.29, 1.82) is 0 Å². The largest absolute Gasteiger partial charge is 0.390 e. The number of hydrogen-bond acceptors (Lipinski definition) is 1. The van der Waals surface area contributed by atoms with Crippen LogP contribution in [0.2, 0.25) is 0 Å². The van der Waals surface area contributed by atoms with E-state index in [1.54, 1.807) is 6.07 Å². The number of halogens is 4. The molecular formula is C19H15ClF3N. The average Bonchev–Trinajstić information content (AvgIpc) is 2.50. The van der Waals surface area contributed by atoms with Gasteiger partial charge in [-0.05, 0) is 37.9 Å². The number of benzene rings is 4. The molecule has 5 heteroatoms. The van der Waals surface area contributed by atoms with Crippen molar-refractivity contribution < 1.29 is 13.2 Å². The van der Waals surface area contributed by atoms with Crippen LogP contribution in [0.15, 0.2) is 54.6 Å². The van der Waals surface area contributed by atoms with Crippen molar-refractivity contribution >= 4 is 44.7 Å². The summed E-state index contributed by atoms with van der Waals surface area (Å²) in [5, 5.41) is 6.08. The second kappa shape index (κ2) is 5.80. The predicted octanol–water partition coefficient (Wildman–Crippen LogP) is 5.96. The van der Waals surface area contributed by atoms with E-state index < -0.39 is 18.6 Å². The van der Waals surface area contributed by atoms with E-state index in [1.807, 2.05) is 48.5 Å². The molecule has 1 atom stereocenters. The van der Waals surface area contributed by atoms with E-state index in [4.69, 9.17) is 5.73 Å². The first-order valence-corrected chi connectivity index (χ1v) is 7.43. The lowest BCUT2D eigenvalue weighted by Gasteiger charge is -2.19. The van der Waals surface area contributed by atoms with Crippen LogP contribution in [-0.4, -0.2) is 6.18 Å². The average molecular weight is 350 g/mol. The molecule has 4 rings (SSSR count). The molecule has 0 radical (unpaired) electrons. The van der Waals surface area contributed by atoms with Gasteiger partial charge in [0.2, 0.25) is 0 Å². The van der Waals surface area contributed by atoms with Crippen LogP contribution < -0.4 is 5.73 Å². The van der Waals surface area contributed by atoms with Crippen LogP contribution in [0.25, 0.3) is 32.3 Å². The van der Waals surface area contributed by atoms with Crippen LogP contribution in [0, 0.1) is 0 Å². The highest BCUT2D eigenvalue weighted by molar-refractivity contribution is 6.23. The highest BCUT2D eigenvalue weighted by Gasteiger charge is 2.31. The number of alkyl halides is 3. The van der Waals surface area contributed by atoms with Gasteiger partial charge >= 0.3 is 6.18 Å². The molecule has 124 valence electrons.